The van der Waals surface area contributed by atoms with Crippen molar-refractivity contribution in [2.45, 2.75) is 31.6 Å². The van der Waals surface area contributed by atoms with E-state index in [1.54, 1.807) is 6.20 Å². The van der Waals surface area contributed by atoms with Crippen LogP contribution in [-0.2, 0) is 16.0 Å². The fraction of sp³-hybridized carbons (Fsp3) is 0.364. The van der Waals surface area contributed by atoms with Crippen molar-refractivity contribution in [1.29, 1.82) is 0 Å². The number of aliphatic carboxylic acids is 1. The average molecular weight is 366 g/mol. The summed E-state index contributed by atoms with van der Waals surface area (Å²) in [7, 11) is 0. The highest BCUT2D eigenvalue weighted by atomic mass is 16.5. The smallest absolute Gasteiger partial charge is 0.303 e. The molecule has 1 heterocycles. The number of hydrogen-bond donors (Lipinski definition) is 2. The molecule has 0 fully saturated rings. The van der Waals surface area contributed by atoms with Crippen LogP contribution in [0, 0.1) is 0 Å². The van der Waals surface area contributed by atoms with E-state index in [2.05, 4.69) is 28.5 Å². The van der Waals surface area contributed by atoms with Crippen LogP contribution in [0.15, 0.2) is 60.3 Å². The summed E-state index contributed by atoms with van der Waals surface area (Å²) >= 11 is 0. The van der Waals surface area contributed by atoms with Crippen molar-refractivity contribution in [2.24, 2.45) is 0 Å². The van der Waals surface area contributed by atoms with Crippen LogP contribution in [0.3, 0.4) is 0 Å². The average Bonchev–Trinajstić information content (AvgIpc) is 2.85. The summed E-state index contributed by atoms with van der Waals surface area (Å²) < 4.78 is 5.84. The molecule has 1 aromatic carbocycles. The molecule has 1 unspecified atom stereocenters. The molecule has 2 aromatic rings. The minimum absolute atomic E-state index is 0.0156. The molecule has 5 heteroatoms. The maximum atomic E-state index is 11.3. The van der Waals surface area contributed by atoms with E-state index in [9.17, 15) is 9.90 Å². The van der Waals surface area contributed by atoms with Crippen molar-refractivity contribution in [2.75, 3.05) is 25.1 Å². The molecule has 0 saturated heterocycles. The first-order chi connectivity index (χ1) is 13.2. The lowest BCUT2D eigenvalue weighted by atomic mass is 9.88. The number of aromatic nitrogens is 1. The Morgan fingerprint density at radius 2 is 2.07 bits per heavy atom. The molecule has 0 spiro atoms. The van der Waals surface area contributed by atoms with Crippen LogP contribution >= 0.6 is 0 Å². The van der Waals surface area contributed by atoms with Crippen molar-refractivity contribution < 1.29 is 14.6 Å². The molecule has 1 aliphatic carbocycles. The number of pyridine rings is 1. The Labute approximate surface area is 160 Å². The van der Waals surface area contributed by atoms with Crippen molar-refractivity contribution in [3.63, 3.8) is 0 Å². The second-order valence-electron chi connectivity index (χ2n) is 6.81. The van der Waals surface area contributed by atoms with Gasteiger partial charge in [0, 0.05) is 19.3 Å². The standard InChI is InChI=1S/C22H26N2O3/c25-22(26)15-19-14-17(9-10-18-6-1-2-7-20(18)19)16-27-13-5-12-24-21-8-3-4-11-23-21/h1-4,6-9,11,19H,5,10,12-16H2,(H,23,24)(H,25,26). The molecule has 0 saturated carbocycles. The van der Waals surface area contributed by atoms with Crippen LogP contribution in [0.4, 0.5) is 5.82 Å². The molecule has 142 valence electrons. The second-order valence-corrected chi connectivity index (χ2v) is 6.81. The van der Waals surface area contributed by atoms with Crippen molar-refractivity contribution >= 4 is 11.8 Å². The first kappa shape index (κ1) is 19.1. The van der Waals surface area contributed by atoms with E-state index in [0.29, 0.717) is 13.2 Å². The van der Waals surface area contributed by atoms with Crippen LogP contribution in [0.25, 0.3) is 0 Å². The molecule has 0 radical (unpaired) electrons. The first-order valence-corrected chi connectivity index (χ1v) is 9.42. The molecular weight excluding hydrogens is 340 g/mol. The van der Waals surface area contributed by atoms with Crippen LogP contribution in [-0.4, -0.2) is 35.8 Å². The number of carboxylic acid groups (broad SMARTS) is 1. The lowest BCUT2D eigenvalue weighted by Crippen LogP contribution is -2.11. The third kappa shape index (κ3) is 5.93. The van der Waals surface area contributed by atoms with Gasteiger partial charge in [-0.05, 0) is 54.0 Å². The summed E-state index contributed by atoms with van der Waals surface area (Å²) in [4.78, 5) is 15.5. The zero-order chi connectivity index (χ0) is 18.9. The Balaban J connectivity index is 1.46. The molecule has 3 rings (SSSR count). The van der Waals surface area contributed by atoms with Crippen LogP contribution in [0.1, 0.15) is 36.3 Å². The highest BCUT2D eigenvalue weighted by Gasteiger charge is 2.22. The largest absolute Gasteiger partial charge is 0.481 e. The molecule has 27 heavy (non-hydrogen) atoms. The number of hydrogen-bond acceptors (Lipinski definition) is 4. The van der Waals surface area contributed by atoms with Gasteiger partial charge < -0.3 is 15.2 Å². The number of fused-ring (bicyclic) bond motifs is 1. The number of carboxylic acids is 1. The summed E-state index contributed by atoms with van der Waals surface area (Å²) in [6.45, 7) is 2.03. The number of nitrogens with zero attached hydrogens (tertiary/aromatic N) is 1. The van der Waals surface area contributed by atoms with Gasteiger partial charge in [0.2, 0.25) is 0 Å². The van der Waals surface area contributed by atoms with E-state index in [1.807, 2.05) is 30.3 Å². The summed E-state index contributed by atoms with van der Waals surface area (Å²) in [5.74, 6) is 0.137. The van der Waals surface area contributed by atoms with Gasteiger partial charge >= 0.3 is 5.97 Å². The number of benzene rings is 1. The molecule has 1 aliphatic rings. The summed E-state index contributed by atoms with van der Waals surface area (Å²) in [6.07, 6.45) is 6.60. The van der Waals surface area contributed by atoms with Gasteiger partial charge in [-0.1, -0.05) is 36.4 Å². The Kier molecular flexibility index (Phi) is 6.99. The van der Waals surface area contributed by atoms with Gasteiger partial charge in [0.05, 0.1) is 13.0 Å². The van der Waals surface area contributed by atoms with Crippen LogP contribution in [0.5, 0.6) is 0 Å². The Bertz CT molecular complexity index is 774. The third-order valence-electron chi connectivity index (χ3n) is 4.76. The van der Waals surface area contributed by atoms with Gasteiger partial charge in [-0.3, -0.25) is 4.79 Å². The van der Waals surface area contributed by atoms with E-state index in [1.165, 1.54) is 11.1 Å². The summed E-state index contributed by atoms with van der Waals surface area (Å²) in [6, 6.07) is 13.9. The van der Waals surface area contributed by atoms with Gasteiger partial charge in [0.1, 0.15) is 5.82 Å². The topological polar surface area (TPSA) is 71.5 Å². The van der Waals surface area contributed by atoms with Crippen molar-refractivity contribution in [1.82, 2.24) is 4.98 Å². The normalized spacial score (nSPS) is 16.1. The number of allylic oxidation sites excluding steroid dienone is 1. The quantitative estimate of drug-likeness (QED) is 0.518. The zero-order valence-corrected chi connectivity index (χ0v) is 15.4. The predicted molar refractivity (Wildman–Crippen MR) is 106 cm³/mol. The first-order valence-electron chi connectivity index (χ1n) is 9.42. The lowest BCUT2D eigenvalue weighted by Gasteiger charge is -2.17. The number of carbonyl (C=O) groups is 1. The number of rotatable bonds is 9. The highest BCUT2D eigenvalue weighted by Crippen LogP contribution is 2.33. The highest BCUT2D eigenvalue weighted by molar-refractivity contribution is 5.68. The minimum atomic E-state index is -0.752. The monoisotopic (exact) mass is 366 g/mol. The molecular formula is C22H26N2O3. The SMILES string of the molecule is O=C(O)CC1CC(COCCCNc2ccccn2)=CCc2ccccc21. The summed E-state index contributed by atoms with van der Waals surface area (Å²) in [5.41, 5.74) is 3.57. The van der Waals surface area contributed by atoms with Crippen molar-refractivity contribution in [3.05, 3.63) is 71.4 Å². The molecule has 5 nitrogen and oxygen atoms in total. The minimum Gasteiger partial charge on any atom is -0.481 e. The zero-order valence-electron chi connectivity index (χ0n) is 15.4. The van der Waals surface area contributed by atoms with E-state index >= 15 is 0 Å². The van der Waals surface area contributed by atoms with Gasteiger partial charge in [0.25, 0.3) is 0 Å². The van der Waals surface area contributed by atoms with Gasteiger partial charge in [-0.2, -0.15) is 0 Å². The van der Waals surface area contributed by atoms with E-state index < -0.39 is 5.97 Å². The number of nitrogens with one attached hydrogen (secondary N) is 1. The Hall–Kier alpha value is -2.66. The van der Waals surface area contributed by atoms with Gasteiger partial charge in [0.15, 0.2) is 0 Å². The van der Waals surface area contributed by atoms with E-state index in [4.69, 9.17) is 4.74 Å². The van der Waals surface area contributed by atoms with Crippen molar-refractivity contribution in [3.8, 4) is 0 Å². The molecule has 1 atom stereocenters. The third-order valence-corrected chi connectivity index (χ3v) is 4.76. The molecule has 0 aliphatic heterocycles. The fourth-order valence-corrected chi connectivity index (χ4v) is 3.45. The van der Waals surface area contributed by atoms with Gasteiger partial charge in [-0.15, -0.1) is 0 Å². The maximum Gasteiger partial charge on any atom is 0.303 e. The maximum absolute atomic E-state index is 11.3. The Morgan fingerprint density at radius 3 is 2.89 bits per heavy atom. The number of anilines is 1. The van der Waals surface area contributed by atoms with Crippen LogP contribution < -0.4 is 5.32 Å². The molecule has 0 bridgehead atoms. The van der Waals surface area contributed by atoms with Gasteiger partial charge in [-0.25, -0.2) is 4.98 Å². The van der Waals surface area contributed by atoms with E-state index in [0.717, 1.165) is 37.2 Å². The Morgan fingerprint density at radius 1 is 1.22 bits per heavy atom. The molecule has 2 N–H and O–H groups in total. The predicted octanol–water partition coefficient (Wildman–Crippen LogP) is 4.03. The molecule has 0 amide bonds. The molecule has 1 aromatic heterocycles. The summed E-state index contributed by atoms with van der Waals surface area (Å²) in [5, 5.41) is 12.5. The van der Waals surface area contributed by atoms with E-state index in [-0.39, 0.29) is 12.3 Å². The second kappa shape index (κ2) is 9.88. The lowest BCUT2D eigenvalue weighted by molar-refractivity contribution is -0.137. The number of ether oxygens (including phenoxy) is 1. The fourth-order valence-electron chi connectivity index (χ4n) is 3.45. The van der Waals surface area contributed by atoms with Crippen LogP contribution in [0.2, 0.25) is 0 Å².